The molecule has 1 aliphatic heterocycles. The highest BCUT2D eigenvalue weighted by Crippen LogP contribution is 2.06. The third kappa shape index (κ3) is 1.71. The highest BCUT2D eigenvalue weighted by Gasteiger charge is 2.16. The van der Waals surface area contributed by atoms with Crippen molar-refractivity contribution in [2.75, 3.05) is 5.75 Å². The van der Waals surface area contributed by atoms with Crippen LogP contribution in [0.5, 0.6) is 0 Å². The van der Waals surface area contributed by atoms with E-state index in [1.54, 1.807) is 0 Å². The molecule has 5 heteroatoms. The minimum atomic E-state index is -0.231. The predicted molar refractivity (Wildman–Crippen MR) is 33.2 cm³/mol. The zero-order chi connectivity index (χ0) is 5.28. The van der Waals surface area contributed by atoms with Gasteiger partial charge in [0.1, 0.15) is 0 Å². The van der Waals surface area contributed by atoms with Gasteiger partial charge in [0.15, 0.2) is 0 Å². The molecule has 0 radical (unpaired) electrons. The van der Waals surface area contributed by atoms with Gasteiger partial charge >= 0.3 is 0 Å². The van der Waals surface area contributed by atoms with Crippen molar-refractivity contribution in [1.29, 1.82) is 0 Å². The molecular weight excluding hydrogens is 150 g/mol. The first-order chi connectivity index (χ1) is 3.29. The average molecular weight is 154 g/mol. The van der Waals surface area contributed by atoms with Crippen molar-refractivity contribution in [3.05, 3.63) is 0 Å². The summed E-state index contributed by atoms with van der Waals surface area (Å²) in [6.07, 6.45) is 0. The minimum Gasteiger partial charge on any atom is -0.286 e. The minimum absolute atomic E-state index is 0. The maximum atomic E-state index is 10.1. The van der Waals surface area contributed by atoms with Crippen molar-refractivity contribution < 1.29 is 9.59 Å². The van der Waals surface area contributed by atoms with Gasteiger partial charge in [0.25, 0.3) is 5.24 Å². The molecule has 1 fully saturated rings. The van der Waals surface area contributed by atoms with Crippen LogP contribution in [0, 0.1) is 0 Å². The molecular formula is C3H4ClNO2S. The number of imide groups is 1. The van der Waals surface area contributed by atoms with Gasteiger partial charge in [-0.1, -0.05) is 11.8 Å². The number of carbonyl (C=O) groups excluding carboxylic acids is 2. The first-order valence-corrected chi connectivity index (χ1v) is 2.74. The fraction of sp³-hybridized carbons (Fsp3) is 0.333. The molecule has 0 unspecified atom stereocenters. The molecule has 1 saturated heterocycles. The summed E-state index contributed by atoms with van der Waals surface area (Å²) < 4.78 is 0. The Labute approximate surface area is 56.6 Å². The largest absolute Gasteiger partial charge is 0.286 e. The number of carbonyl (C=O) groups is 2. The van der Waals surface area contributed by atoms with Crippen LogP contribution in [0.15, 0.2) is 0 Å². The Balaban J connectivity index is 0.000000490. The van der Waals surface area contributed by atoms with Crippen LogP contribution < -0.4 is 5.32 Å². The van der Waals surface area contributed by atoms with Crippen molar-refractivity contribution in [1.82, 2.24) is 5.32 Å². The van der Waals surface area contributed by atoms with Crippen LogP contribution in [0.2, 0.25) is 0 Å². The van der Waals surface area contributed by atoms with Crippen LogP contribution in [0.1, 0.15) is 0 Å². The molecule has 46 valence electrons. The second kappa shape index (κ2) is 2.94. The number of thioether (sulfide) groups is 1. The standard InChI is InChI=1S/C3H3NO2S.ClH/c5-2-1-7-3(6)4-2;/h1H2,(H,4,5,6);1H. The maximum absolute atomic E-state index is 10.1. The molecule has 1 rings (SSSR count). The predicted octanol–water partition coefficient (Wildman–Crippen LogP) is 0.391. The molecule has 0 bridgehead atoms. The molecule has 0 aromatic heterocycles. The van der Waals surface area contributed by atoms with Crippen LogP contribution in [0.25, 0.3) is 0 Å². The number of hydrogen-bond donors (Lipinski definition) is 1. The van der Waals surface area contributed by atoms with Crippen LogP contribution in [0.3, 0.4) is 0 Å². The van der Waals surface area contributed by atoms with Crippen molar-refractivity contribution in [2.45, 2.75) is 0 Å². The Kier molecular flexibility index (Phi) is 2.86. The normalized spacial score (nSPS) is 17.5. The van der Waals surface area contributed by atoms with E-state index in [9.17, 15) is 9.59 Å². The summed E-state index contributed by atoms with van der Waals surface area (Å²) in [5.41, 5.74) is 0. The van der Waals surface area contributed by atoms with Crippen LogP contribution in [0.4, 0.5) is 4.79 Å². The van der Waals surface area contributed by atoms with Gasteiger partial charge in [0, 0.05) is 0 Å². The third-order valence-electron chi connectivity index (χ3n) is 0.576. The first kappa shape index (κ1) is 7.78. The summed E-state index contributed by atoms with van der Waals surface area (Å²) >= 11 is 1.01. The monoisotopic (exact) mass is 153 g/mol. The third-order valence-corrected chi connectivity index (χ3v) is 1.35. The lowest BCUT2D eigenvalue weighted by Crippen LogP contribution is -2.18. The van der Waals surface area contributed by atoms with Gasteiger partial charge in [0.2, 0.25) is 5.91 Å². The van der Waals surface area contributed by atoms with Gasteiger partial charge in [-0.25, -0.2) is 0 Å². The number of hydrogen-bond acceptors (Lipinski definition) is 3. The van der Waals surface area contributed by atoms with Crippen LogP contribution >= 0.6 is 24.2 Å². The van der Waals surface area contributed by atoms with Crippen molar-refractivity contribution >= 4 is 35.3 Å². The maximum Gasteiger partial charge on any atom is 0.286 e. The highest BCUT2D eigenvalue weighted by molar-refractivity contribution is 8.14. The summed E-state index contributed by atoms with van der Waals surface area (Å²) in [6, 6.07) is 0. The summed E-state index contributed by atoms with van der Waals surface area (Å²) in [7, 11) is 0. The summed E-state index contributed by atoms with van der Waals surface area (Å²) in [4.78, 5) is 20.2. The molecule has 3 nitrogen and oxygen atoms in total. The molecule has 2 amide bonds. The molecule has 0 atom stereocenters. The quantitative estimate of drug-likeness (QED) is 0.548. The fourth-order valence-electron chi connectivity index (χ4n) is 0.317. The number of rotatable bonds is 0. The van der Waals surface area contributed by atoms with Gasteiger partial charge in [0.05, 0.1) is 5.75 Å². The molecule has 0 aliphatic carbocycles. The van der Waals surface area contributed by atoms with Gasteiger partial charge < -0.3 is 0 Å². The van der Waals surface area contributed by atoms with Crippen molar-refractivity contribution in [3.63, 3.8) is 0 Å². The van der Waals surface area contributed by atoms with E-state index in [1.165, 1.54) is 0 Å². The Bertz CT molecular complexity index is 112. The Morgan fingerprint density at radius 2 is 2.12 bits per heavy atom. The molecule has 1 heterocycles. The Morgan fingerprint density at radius 3 is 2.25 bits per heavy atom. The highest BCUT2D eigenvalue weighted by atomic mass is 35.5. The zero-order valence-electron chi connectivity index (χ0n) is 3.84. The Hall–Kier alpha value is -0.220. The van der Waals surface area contributed by atoms with Gasteiger partial charge in [-0.05, 0) is 0 Å². The molecule has 8 heavy (non-hydrogen) atoms. The molecule has 0 aromatic carbocycles. The smallest absolute Gasteiger partial charge is 0.286 e. The lowest BCUT2D eigenvalue weighted by molar-refractivity contribution is -0.117. The van der Waals surface area contributed by atoms with E-state index < -0.39 is 0 Å². The summed E-state index contributed by atoms with van der Waals surface area (Å²) in [6.45, 7) is 0. The fourth-order valence-corrected chi connectivity index (χ4v) is 0.837. The van der Waals surface area contributed by atoms with Crippen LogP contribution in [-0.2, 0) is 4.79 Å². The summed E-state index contributed by atoms with van der Waals surface area (Å²) in [5.74, 6) is 0.105. The molecule has 1 aliphatic rings. The van der Waals surface area contributed by atoms with E-state index in [0.29, 0.717) is 5.75 Å². The van der Waals surface area contributed by atoms with E-state index in [4.69, 9.17) is 0 Å². The van der Waals surface area contributed by atoms with E-state index >= 15 is 0 Å². The van der Waals surface area contributed by atoms with E-state index in [-0.39, 0.29) is 23.6 Å². The van der Waals surface area contributed by atoms with Crippen molar-refractivity contribution in [3.8, 4) is 0 Å². The summed E-state index contributed by atoms with van der Waals surface area (Å²) in [5, 5.41) is 1.87. The molecule has 0 aromatic rings. The number of amides is 2. The second-order valence-corrected chi connectivity index (χ2v) is 2.07. The molecule has 0 spiro atoms. The zero-order valence-corrected chi connectivity index (χ0v) is 5.47. The van der Waals surface area contributed by atoms with Crippen molar-refractivity contribution in [2.24, 2.45) is 0 Å². The van der Waals surface area contributed by atoms with Gasteiger partial charge in [-0.3, -0.25) is 14.9 Å². The van der Waals surface area contributed by atoms with E-state index in [1.807, 2.05) is 0 Å². The average Bonchev–Trinajstić information content (AvgIpc) is 1.87. The number of nitrogens with one attached hydrogen (secondary N) is 1. The topological polar surface area (TPSA) is 46.2 Å². The second-order valence-electron chi connectivity index (χ2n) is 1.12. The van der Waals surface area contributed by atoms with E-state index in [0.717, 1.165) is 11.8 Å². The van der Waals surface area contributed by atoms with E-state index in [2.05, 4.69) is 5.32 Å². The lowest BCUT2D eigenvalue weighted by Gasteiger charge is -1.77. The van der Waals surface area contributed by atoms with Gasteiger partial charge in [-0.2, -0.15) is 0 Å². The Morgan fingerprint density at radius 1 is 1.50 bits per heavy atom. The molecule has 1 N–H and O–H groups in total. The SMILES string of the molecule is Cl.O=C1CSC(=O)N1. The number of halogens is 1. The molecule has 0 saturated carbocycles. The first-order valence-electron chi connectivity index (χ1n) is 1.75. The van der Waals surface area contributed by atoms with Crippen LogP contribution in [-0.4, -0.2) is 16.9 Å². The lowest BCUT2D eigenvalue weighted by atomic mass is 10.7. The van der Waals surface area contributed by atoms with Gasteiger partial charge in [-0.15, -0.1) is 12.4 Å².